The number of hydrogen-bond donors (Lipinski definition) is 2. The summed E-state index contributed by atoms with van der Waals surface area (Å²) < 4.78 is 15.8. The van der Waals surface area contributed by atoms with Gasteiger partial charge in [-0.2, -0.15) is 0 Å². The minimum absolute atomic E-state index is 0.0677. The second kappa shape index (κ2) is 6.00. The highest BCUT2D eigenvalue weighted by atomic mass is 16.5. The van der Waals surface area contributed by atoms with Gasteiger partial charge in [-0.3, -0.25) is 0 Å². The zero-order valence-corrected chi connectivity index (χ0v) is 11.5. The van der Waals surface area contributed by atoms with E-state index in [1.54, 1.807) is 18.2 Å². The van der Waals surface area contributed by atoms with E-state index in [9.17, 15) is 4.79 Å². The van der Waals surface area contributed by atoms with Gasteiger partial charge in [-0.25, -0.2) is 9.78 Å². The van der Waals surface area contributed by atoms with Gasteiger partial charge in [0, 0.05) is 24.3 Å². The summed E-state index contributed by atoms with van der Waals surface area (Å²) in [4.78, 5) is 15.0. The van der Waals surface area contributed by atoms with Crippen molar-refractivity contribution in [2.45, 2.75) is 0 Å². The number of rotatable bonds is 5. The normalized spacial score (nSPS) is 10.0. The number of benzene rings is 1. The molecule has 0 saturated carbocycles. The first-order valence-electron chi connectivity index (χ1n) is 5.93. The molecule has 0 unspecified atom stereocenters. The topological polar surface area (TPSA) is 104 Å². The number of ether oxygens (including phenoxy) is 3. The zero-order chi connectivity index (χ0) is 15.4. The summed E-state index contributed by atoms with van der Waals surface area (Å²) in [7, 11) is 3.03. The number of methoxy groups -OCH3 is 2. The molecule has 1 heterocycles. The van der Waals surface area contributed by atoms with E-state index in [2.05, 4.69) is 4.98 Å². The molecule has 3 N–H and O–H groups in total. The van der Waals surface area contributed by atoms with Crippen molar-refractivity contribution in [2.75, 3.05) is 20.0 Å². The van der Waals surface area contributed by atoms with Crippen molar-refractivity contribution in [3.8, 4) is 23.1 Å². The molecule has 0 fully saturated rings. The minimum Gasteiger partial charge on any atom is -0.496 e. The molecule has 21 heavy (non-hydrogen) atoms. The lowest BCUT2D eigenvalue weighted by Crippen LogP contribution is -2.03. The molecule has 1 aromatic heterocycles. The average molecular weight is 290 g/mol. The van der Waals surface area contributed by atoms with Crippen LogP contribution in [-0.4, -0.2) is 30.3 Å². The van der Waals surface area contributed by atoms with Crippen molar-refractivity contribution in [1.82, 2.24) is 4.98 Å². The van der Waals surface area contributed by atoms with Crippen molar-refractivity contribution in [3.05, 3.63) is 36.0 Å². The van der Waals surface area contributed by atoms with Gasteiger partial charge in [0.15, 0.2) is 0 Å². The summed E-state index contributed by atoms with van der Waals surface area (Å²) in [6.07, 6.45) is 1.23. The molecule has 1 aromatic carbocycles. The summed E-state index contributed by atoms with van der Waals surface area (Å²) in [5.41, 5.74) is 5.53. The standard InChI is InChI=1S/C14H14N2O5/c1-19-8-3-9(20-2)5-10(4-8)21-13-6-11(14(17)18)12(15)7-16-13/h3-7H,15H2,1-2H3,(H,17,18). The van der Waals surface area contributed by atoms with Gasteiger partial charge in [0.05, 0.1) is 31.7 Å². The number of carboxylic acid groups (broad SMARTS) is 1. The number of nitrogens with zero attached hydrogens (tertiary/aromatic N) is 1. The molecule has 0 atom stereocenters. The van der Waals surface area contributed by atoms with Crippen molar-refractivity contribution < 1.29 is 24.1 Å². The van der Waals surface area contributed by atoms with E-state index in [4.69, 9.17) is 25.1 Å². The Morgan fingerprint density at radius 3 is 2.19 bits per heavy atom. The Kier molecular flexibility index (Phi) is 4.13. The molecule has 0 radical (unpaired) electrons. The van der Waals surface area contributed by atoms with Crippen LogP contribution in [-0.2, 0) is 0 Å². The lowest BCUT2D eigenvalue weighted by Gasteiger charge is -2.10. The van der Waals surface area contributed by atoms with Gasteiger partial charge in [-0.05, 0) is 0 Å². The minimum atomic E-state index is -1.15. The zero-order valence-electron chi connectivity index (χ0n) is 11.5. The Bertz CT molecular complexity index is 650. The maximum absolute atomic E-state index is 11.0. The third-order valence-corrected chi connectivity index (χ3v) is 2.69. The van der Waals surface area contributed by atoms with Gasteiger partial charge < -0.3 is 25.1 Å². The fourth-order valence-electron chi connectivity index (χ4n) is 1.65. The van der Waals surface area contributed by atoms with Gasteiger partial charge in [-0.1, -0.05) is 0 Å². The van der Waals surface area contributed by atoms with Crippen LogP contribution in [0.5, 0.6) is 23.1 Å². The second-order valence-electron chi connectivity index (χ2n) is 4.07. The highest BCUT2D eigenvalue weighted by Crippen LogP contribution is 2.30. The first-order valence-corrected chi connectivity index (χ1v) is 5.93. The first kappa shape index (κ1) is 14.4. The highest BCUT2D eigenvalue weighted by molar-refractivity contribution is 5.93. The van der Waals surface area contributed by atoms with E-state index in [0.717, 1.165) is 0 Å². The molecule has 0 amide bonds. The van der Waals surface area contributed by atoms with E-state index in [-0.39, 0.29) is 17.1 Å². The van der Waals surface area contributed by atoms with Gasteiger partial charge in [0.2, 0.25) is 5.88 Å². The van der Waals surface area contributed by atoms with Crippen LogP contribution in [0.2, 0.25) is 0 Å². The van der Waals surface area contributed by atoms with E-state index in [1.807, 2.05) is 0 Å². The van der Waals surface area contributed by atoms with Crippen molar-refractivity contribution >= 4 is 11.7 Å². The smallest absolute Gasteiger partial charge is 0.338 e. The molecule has 0 aliphatic carbocycles. The fraction of sp³-hybridized carbons (Fsp3) is 0.143. The van der Waals surface area contributed by atoms with E-state index in [0.29, 0.717) is 17.2 Å². The number of nitrogens with two attached hydrogens (primary N) is 1. The molecule has 0 spiro atoms. The highest BCUT2D eigenvalue weighted by Gasteiger charge is 2.11. The lowest BCUT2D eigenvalue weighted by molar-refractivity contribution is 0.0697. The fourth-order valence-corrected chi connectivity index (χ4v) is 1.65. The van der Waals surface area contributed by atoms with Crippen LogP contribution in [0.15, 0.2) is 30.5 Å². The Hall–Kier alpha value is -2.96. The molecule has 7 heteroatoms. The number of carbonyl (C=O) groups is 1. The number of aromatic carboxylic acids is 1. The number of carboxylic acids is 1. The van der Waals surface area contributed by atoms with Crippen LogP contribution in [0.3, 0.4) is 0 Å². The Morgan fingerprint density at radius 1 is 1.10 bits per heavy atom. The lowest BCUT2D eigenvalue weighted by atomic mass is 10.2. The van der Waals surface area contributed by atoms with Crippen LogP contribution in [0.1, 0.15) is 10.4 Å². The van der Waals surface area contributed by atoms with Crippen molar-refractivity contribution in [3.63, 3.8) is 0 Å². The van der Waals surface area contributed by atoms with Crippen LogP contribution < -0.4 is 19.9 Å². The monoisotopic (exact) mass is 290 g/mol. The largest absolute Gasteiger partial charge is 0.496 e. The number of aromatic nitrogens is 1. The number of anilines is 1. The summed E-state index contributed by atoms with van der Waals surface area (Å²) in [6, 6.07) is 6.19. The number of nitrogen functional groups attached to an aromatic ring is 1. The van der Waals surface area contributed by atoms with Gasteiger partial charge in [0.25, 0.3) is 0 Å². The first-order chi connectivity index (χ1) is 10.0. The van der Waals surface area contributed by atoms with Gasteiger partial charge in [-0.15, -0.1) is 0 Å². The Balaban J connectivity index is 2.33. The maximum Gasteiger partial charge on any atom is 0.338 e. The SMILES string of the molecule is COc1cc(OC)cc(Oc2cc(C(=O)O)c(N)cn2)c1. The molecule has 0 saturated heterocycles. The maximum atomic E-state index is 11.0. The second-order valence-corrected chi connectivity index (χ2v) is 4.07. The molecule has 2 aromatic rings. The molecule has 7 nitrogen and oxygen atoms in total. The number of pyridine rings is 1. The van der Waals surface area contributed by atoms with E-state index >= 15 is 0 Å². The average Bonchev–Trinajstić information content (AvgIpc) is 2.48. The van der Waals surface area contributed by atoms with Crippen molar-refractivity contribution in [2.24, 2.45) is 0 Å². The van der Waals surface area contributed by atoms with E-state index in [1.165, 1.54) is 26.5 Å². The number of hydrogen-bond acceptors (Lipinski definition) is 6. The van der Waals surface area contributed by atoms with Crippen LogP contribution in [0, 0.1) is 0 Å². The van der Waals surface area contributed by atoms with Crippen LogP contribution >= 0.6 is 0 Å². The summed E-state index contributed by atoms with van der Waals surface area (Å²) >= 11 is 0. The molecule has 0 aliphatic rings. The molecular weight excluding hydrogens is 276 g/mol. The third-order valence-electron chi connectivity index (χ3n) is 2.69. The molecular formula is C14H14N2O5. The molecule has 2 rings (SSSR count). The predicted octanol–water partition coefficient (Wildman–Crippen LogP) is 2.17. The predicted molar refractivity (Wildman–Crippen MR) is 75.2 cm³/mol. The van der Waals surface area contributed by atoms with Gasteiger partial charge >= 0.3 is 5.97 Å². The molecule has 110 valence electrons. The Morgan fingerprint density at radius 2 is 1.67 bits per heavy atom. The van der Waals surface area contributed by atoms with Crippen LogP contribution in [0.25, 0.3) is 0 Å². The van der Waals surface area contributed by atoms with Gasteiger partial charge in [0.1, 0.15) is 17.2 Å². The quantitative estimate of drug-likeness (QED) is 0.869. The third kappa shape index (κ3) is 3.33. The summed E-state index contributed by atoms with van der Waals surface area (Å²) in [5.74, 6) is 0.441. The molecule has 0 aliphatic heterocycles. The summed E-state index contributed by atoms with van der Waals surface area (Å²) in [6.45, 7) is 0. The van der Waals surface area contributed by atoms with E-state index < -0.39 is 5.97 Å². The van der Waals surface area contributed by atoms with Crippen molar-refractivity contribution in [1.29, 1.82) is 0 Å². The van der Waals surface area contributed by atoms with Crippen LogP contribution in [0.4, 0.5) is 5.69 Å². The Labute approximate surface area is 120 Å². The molecule has 0 bridgehead atoms. The summed E-state index contributed by atoms with van der Waals surface area (Å²) in [5, 5.41) is 9.02.